The normalized spacial score (nSPS) is 12.1. The van der Waals surface area contributed by atoms with Gasteiger partial charge in [0.25, 0.3) is 5.56 Å². The zero-order valence-electron chi connectivity index (χ0n) is 15.5. The second-order valence-electron chi connectivity index (χ2n) is 6.52. The van der Waals surface area contributed by atoms with Gasteiger partial charge in [-0.2, -0.15) is 11.8 Å². The molecule has 5 nitrogen and oxygen atoms in total. The number of amides is 1. The summed E-state index contributed by atoms with van der Waals surface area (Å²) >= 11 is 1.61. The van der Waals surface area contributed by atoms with Crippen LogP contribution in [0.15, 0.2) is 59.5 Å². The number of pyridine rings is 1. The SMILES string of the molecule is Cc1ccc2nc(CSCCC(=O)N[C@H](C)c3ccccc3)cc(=O)n2c1. The smallest absolute Gasteiger partial charge is 0.258 e. The highest BCUT2D eigenvalue weighted by molar-refractivity contribution is 7.98. The van der Waals surface area contributed by atoms with Gasteiger partial charge in [0.1, 0.15) is 5.65 Å². The molecular formula is C21H23N3O2S. The maximum atomic E-state index is 12.2. The van der Waals surface area contributed by atoms with Gasteiger partial charge in [-0.1, -0.05) is 36.4 Å². The molecule has 0 fully saturated rings. The maximum Gasteiger partial charge on any atom is 0.258 e. The van der Waals surface area contributed by atoms with Crippen molar-refractivity contribution in [3.05, 3.63) is 81.9 Å². The van der Waals surface area contributed by atoms with E-state index in [1.54, 1.807) is 28.4 Å². The van der Waals surface area contributed by atoms with Crippen molar-refractivity contribution in [3.63, 3.8) is 0 Å². The summed E-state index contributed by atoms with van der Waals surface area (Å²) in [7, 11) is 0. The number of rotatable bonds is 7. The van der Waals surface area contributed by atoms with Gasteiger partial charge in [-0.05, 0) is 31.0 Å². The highest BCUT2D eigenvalue weighted by Crippen LogP contribution is 2.14. The van der Waals surface area contributed by atoms with Crippen molar-refractivity contribution in [3.8, 4) is 0 Å². The lowest BCUT2D eigenvalue weighted by Crippen LogP contribution is -2.26. The Kier molecular flexibility index (Phi) is 6.29. The van der Waals surface area contributed by atoms with Crippen molar-refractivity contribution >= 4 is 23.3 Å². The third-order valence-corrected chi connectivity index (χ3v) is 5.25. The number of carbonyl (C=O) groups is 1. The average Bonchev–Trinajstić information content (AvgIpc) is 2.66. The molecule has 27 heavy (non-hydrogen) atoms. The number of nitrogens with zero attached hydrogens (tertiary/aromatic N) is 2. The third-order valence-electron chi connectivity index (χ3n) is 4.26. The van der Waals surface area contributed by atoms with Crippen molar-refractivity contribution in [2.75, 3.05) is 5.75 Å². The molecule has 0 aliphatic carbocycles. The van der Waals surface area contributed by atoms with Gasteiger partial charge >= 0.3 is 0 Å². The minimum Gasteiger partial charge on any atom is -0.350 e. The van der Waals surface area contributed by atoms with Crippen LogP contribution >= 0.6 is 11.8 Å². The Morgan fingerprint density at radius 3 is 2.78 bits per heavy atom. The van der Waals surface area contributed by atoms with E-state index in [1.165, 1.54) is 0 Å². The summed E-state index contributed by atoms with van der Waals surface area (Å²) in [4.78, 5) is 28.8. The van der Waals surface area contributed by atoms with Gasteiger partial charge in [-0.25, -0.2) is 4.98 Å². The van der Waals surface area contributed by atoms with Crippen LogP contribution in [-0.2, 0) is 10.5 Å². The molecule has 0 saturated carbocycles. The van der Waals surface area contributed by atoms with Crippen LogP contribution in [0.3, 0.4) is 0 Å². The van der Waals surface area contributed by atoms with Crippen LogP contribution in [0.2, 0.25) is 0 Å². The van der Waals surface area contributed by atoms with Crippen LogP contribution in [0.5, 0.6) is 0 Å². The van der Waals surface area contributed by atoms with E-state index >= 15 is 0 Å². The van der Waals surface area contributed by atoms with E-state index in [9.17, 15) is 9.59 Å². The molecule has 0 unspecified atom stereocenters. The monoisotopic (exact) mass is 381 g/mol. The molecule has 0 bridgehead atoms. The summed E-state index contributed by atoms with van der Waals surface area (Å²) in [6, 6.07) is 15.3. The zero-order chi connectivity index (χ0) is 19.2. The molecular weight excluding hydrogens is 358 g/mol. The zero-order valence-corrected chi connectivity index (χ0v) is 16.3. The van der Waals surface area contributed by atoms with Gasteiger partial charge in [0, 0.05) is 30.2 Å². The first-order valence-electron chi connectivity index (χ1n) is 8.94. The predicted molar refractivity (Wildman–Crippen MR) is 110 cm³/mol. The van der Waals surface area contributed by atoms with Crippen LogP contribution in [-0.4, -0.2) is 21.0 Å². The maximum absolute atomic E-state index is 12.2. The predicted octanol–water partition coefficient (Wildman–Crippen LogP) is 3.50. The largest absolute Gasteiger partial charge is 0.350 e. The Labute approximate surface area is 162 Å². The van der Waals surface area contributed by atoms with Crippen molar-refractivity contribution in [2.45, 2.75) is 32.1 Å². The summed E-state index contributed by atoms with van der Waals surface area (Å²) in [5.41, 5.74) is 3.43. The molecule has 1 atom stereocenters. The molecule has 2 aromatic heterocycles. The molecule has 0 saturated heterocycles. The lowest BCUT2D eigenvalue weighted by atomic mass is 10.1. The van der Waals surface area contributed by atoms with Crippen molar-refractivity contribution in [1.82, 2.24) is 14.7 Å². The minimum absolute atomic E-state index is 0.00522. The van der Waals surface area contributed by atoms with E-state index in [0.717, 1.165) is 16.8 Å². The molecule has 1 N–H and O–H groups in total. The summed E-state index contributed by atoms with van der Waals surface area (Å²) < 4.78 is 1.56. The molecule has 1 aromatic carbocycles. The molecule has 140 valence electrons. The molecule has 0 aliphatic heterocycles. The Morgan fingerprint density at radius 2 is 2.00 bits per heavy atom. The number of aryl methyl sites for hydroxylation is 1. The van der Waals surface area contributed by atoms with E-state index in [2.05, 4.69) is 10.3 Å². The quantitative estimate of drug-likeness (QED) is 0.636. The summed E-state index contributed by atoms with van der Waals surface area (Å²) in [5.74, 6) is 1.32. The average molecular weight is 382 g/mol. The van der Waals surface area contributed by atoms with Gasteiger partial charge in [0.05, 0.1) is 11.7 Å². The number of thioether (sulfide) groups is 1. The lowest BCUT2D eigenvalue weighted by molar-refractivity contribution is -0.121. The van der Waals surface area contributed by atoms with E-state index in [0.29, 0.717) is 23.6 Å². The van der Waals surface area contributed by atoms with E-state index in [-0.39, 0.29) is 17.5 Å². The minimum atomic E-state index is -0.0753. The highest BCUT2D eigenvalue weighted by Gasteiger charge is 2.09. The van der Waals surface area contributed by atoms with Crippen molar-refractivity contribution in [1.29, 1.82) is 0 Å². The number of nitrogens with one attached hydrogen (secondary N) is 1. The molecule has 6 heteroatoms. The standard InChI is InChI=1S/C21H23N3O2S/c1-15-8-9-19-23-18(12-21(26)24(19)13-15)14-27-11-10-20(25)22-16(2)17-6-4-3-5-7-17/h3-9,12-13,16H,10-11,14H2,1-2H3,(H,22,25)/t16-/m1/s1. The molecule has 2 heterocycles. The second kappa shape index (κ2) is 8.86. The van der Waals surface area contributed by atoms with Gasteiger partial charge in [-0.3, -0.25) is 14.0 Å². The van der Waals surface area contributed by atoms with Gasteiger partial charge < -0.3 is 5.32 Å². The van der Waals surface area contributed by atoms with Crippen LogP contribution in [0.25, 0.3) is 5.65 Å². The first-order valence-corrected chi connectivity index (χ1v) is 10.1. The molecule has 1 amide bonds. The Hall–Kier alpha value is -2.60. The van der Waals surface area contributed by atoms with Gasteiger partial charge in [0.2, 0.25) is 5.91 Å². The summed E-state index contributed by atoms with van der Waals surface area (Å²) in [6.45, 7) is 3.92. The Balaban J connectivity index is 1.49. The van der Waals surface area contributed by atoms with Gasteiger partial charge in [-0.15, -0.1) is 0 Å². The van der Waals surface area contributed by atoms with Gasteiger partial charge in [0.15, 0.2) is 0 Å². The number of fused-ring (bicyclic) bond motifs is 1. The number of aromatic nitrogens is 2. The van der Waals surface area contributed by atoms with E-state index in [4.69, 9.17) is 0 Å². The van der Waals surface area contributed by atoms with Crippen molar-refractivity contribution in [2.24, 2.45) is 0 Å². The van der Waals surface area contributed by atoms with Crippen LogP contribution in [0, 0.1) is 6.92 Å². The molecule has 3 aromatic rings. The third kappa shape index (κ3) is 5.20. The Morgan fingerprint density at radius 1 is 1.22 bits per heavy atom. The molecule has 0 spiro atoms. The first kappa shape index (κ1) is 19.2. The van der Waals surface area contributed by atoms with E-state index in [1.807, 2.05) is 56.3 Å². The molecule has 3 rings (SSSR count). The molecule has 0 aliphatic rings. The first-order chi connectivity index (χ1) is 13.0. The number of benzene rings is 1. The molecule has 0 radical (unpaired) electrons. The Bertz CT molecular complexity index is 986. The highest BCUT2D eigenvalue weighted by atomic mass is 32.2. The fraction of sp³-hybridized carbons (Fsp3) is 0.286. The second-order valence-corrected chi connectivity index (χ2v) is 7.63. The fourth-order valence-electron chi connectivity index (χ4n) is 2.81. The summed E-state index contributed by atoms with van der Waals surface area (Å²) in [6.07, 6.45) is 2.23. The van der Waals surface area contributed by atoms with E-state index < -0.39 is 0 Å². The lowest BCUT2D eigenvalue weighted by Gasteiger charge is -2.14. The number of hydrogen-bond donors (Lipinski definition) is 1. The fourth-order valence-corrected chi connectivity index (χ4v) is 3.64. The van der Waals surface area contributed by atoms with Crippen LogP contribution < -0.4 is 10.9 Å². The van der Waals surface area contributed by atoms with Crippen LogP contribution in [0.1, 0.15) is 36.2 Å². The number of carbonyl (C=O) groups excluding carboxylic acids is 1. The summed E-state index contributed by atoms with van der Waals surface area (Å²) in [5, 5.41) is 3.01. The van der Waals surface area contributed by atoms with Crippen molar-refractivity contribution < 1.29 is 4.79 Å². The number of hydrogen-bond acceptors (Lipinski definition) is 4. The van der Waals surface area contributed by atoms with Crippen LogP contribution in [0.4, 0.5) is 0 Å². The topological polar surface area (TPSA) is 63.5 Å².